The molecule has 0 bridgehead atoms. The number of rotatable bonds is 13. The van der Waals surface area contributed by atoms with Gasteiger partial charge in [0.1, 0.15) is 0 Å². The summed E-state index contributed by atoms with van der Waals surface area (Å²) in [6, 6.07) is 0. The summed E-state index contributed by atoms with van der Waals surface area (Å²) in [6.45, 7) is 4.60. The first kappa shape index (κ1) is 17.9. The van der Waals surface area contributed by atoms with E-state index in [0.29, 0.717) is 13.0 Å². The zero-order chi connectivity index (χ0) is 14.2. The average molecular weight is 267 g/mol. The number of carbonyl (C=O) groups excluding carboxylic acids is 1. The summed E-state index contributed by atoms with van der Waals surface area (Å²) in [6.07, 6.45) is 15.4. The number of hydrogen-bond acceptors (Lipinski definition) is 2. The van der Waals surface area contributed by atoms with Gasteiger partial charge in [0.05, 0.1) is 0 Å². The van der Waals surface area contributed by atoms with Gasteiger partial charge >= 0.3 is 0 Å². The molecule has 110 valence electrons. The van der Waals surface area contributed by atoms with E-state index in [0.717, 1.165) is 38.6 Å². The van der Waals surface area contributed by atoms with Crippen molar-refractivity contribution in [3.05, 3.63) is 24.8 Å². The predicted molar refractivity (Wildman–Crippen MR) is 81.0 cm³/mol. The highest BCUT2D eigenvalue weighted by Crippen LogP contribution is 2.05. The highest BCUT2D eigenvalue weighted by Gasteiger charge is 1.94. The van der Waals surface area contributed by atoms with Crippen LogP contribution in [-0.2, 0) is 4.79 Å². The van der Waals surface area contributed by atoms with E-state index in [2.05, 4.69) is 24.0 Å². The summed E-state index contributed by atoms with van der Waals surface area (Å²) >= 11 is 0. The van der Waals surface area contributed by atoms with E-state index in [1.807, 2.05) is 0 Å². The van der Waals surface area contributed by atoms with Crippen LogP contribution in [0.25, 0.3) is 0 Å². The Labute approximate surface area is 117 Å². The lowest BCUT2D eigenvalue weighted by Gasteiger charge is -2.01. The van der Waals surface area contributed by atoms with Gasteiger partial charge in [-0.05, 0) is 32.1 Å². The minimum atomic E-state index is 0.0573. The van der Waals surface area contributed by atoms with Crippen LogP contribution in [0.15, 0.2) is 24.8 Å². The van der Waals surface area contributed by atoms with Crippen LogP contribution >= 0.6 is 0 Å². The molecule has 1 amide bonds. The third-order valence-corrected chi connectivity index (χ3v) is 2.90. The summed E-state index contributed by atoms with van der Waals surface area (Å²) in [4.78, 5) is 11.1. The van der Waals surface area contributed by atoms with E-state index in [9.17, 15) is 4.79 Å². The number of allylic oxidation sites excluding steroid dienone is 2. The molecule has 2 N–H and O–H groups in total. The van der Waals surface area contributed by atoms with Crippen LogP contribution in [-0.4, -0.2) is 24.2 Å². The van der Waals surface area contributed by atoms with Crippen molar-refractivity contribution in [2.24, 2.45) is 0 Å². The molecule has 0 aliphatic rings. The van der Waals surface area contributed by atoms with Crippen LogP contribution in [0.4, 0.5) is 0 Å². The summed E-state index contributed by atoms with van der Waals surface area (Å²) < 4.78 is 0. The lowest BCUT2D eigenvalue weighted by molar-refractivity contribution is -0.120. The van der Waals surface area contributed by atoms with Crippen LogP contribution in [0.3, 0.4) is 0 Å². The van der Waals surface area contributed by atoms with Gasteiger partial charge in [-0.3, -0.25) is 4.79 Å². The van der Waals surface area contributed by atoms with Crippen LogP contribution in [0.5, 0.6) is 0 Å². The number of aliphatic hydroxyl groups excluding tert-OH is 1. The average Bonchev–Trinajstić information content (AvgIpc) is 2.40. The second-order valence-corrected chi connectivity index (χ2v) is 4.74. The molecule has 0 unspecified atom stereocenters. The minimum Gasteiger partial charge on any atom is -0.396 e. The topological polar surface area (TPSA) is 49.3 Å². The van der Waals surface area contributed by atoms with Crippen molar-refractivity contribution >= 4 is 5.91 Å². The van der Waals surface area contributed by atoms with Gasteiger partial charge in [-0.15, -0.1) is 6.58 Å². The first-order valence-electron chi connectivity index (χ1n) is 7.44. The van der Waals surface area contributed by atoms with Gasteiger partial charge in [0.2, 0.25) is 5.91 Å². The number of amides is 1. The molecular weight excluding hydrogens is 238 g/mol. The van der Waals surface area contributed by atoms with Crippen molar-refractivity contribution in [1.82, 2.24) is 5.32 Å². The van der Waals surface area contributed by atoms with Gasteiger partial charge in [0, 0.05) is 19.6 Å². The smallest absolute Gasteiger partial charge is 0.223 e. The lowest BCUT2D eigenvalue weighted by Crippen LogP contribution is -2.23. The van der Waals surface area contributed by atoms with Gasteiger partial charge in [-0.25, -0.2) is 0 Å². The lowest BCUT2D eigenvalue weighted by atomic mass is 10.1. The molecule has 0 atom stereocenters. The second-order valence-electron chi connectivity index (χ2n) is 4.74. The van der Waals surface area contributed by atoms with Crippen molar-refractivity contribution in [3.63, 3.8) is 0 Å². The highest BCUT2D eigenvalue weighted by atomic mass is 16.2. The monoisotopic (exact) mass is 267 g/mol. The van der Waals surface area contributed by atoms with E-state index in [1.165, 1.54) is 19.3 Å². The van der Waals surface area contributed by atoms with Gasteiger partial charge in [0.15, 0.2) is 0 Å². The van der Waals surface area contributed by atoms with E-state index in [4.69, 9.17) is 5.11 Å². The SMILES string of the molecule is C=CCC(=O)NCCC/C=C/CCCCCCCO. The number of hydrogen-bond donors (Lipinski definition) is 2. The predicted octanol–water partition coefficient (Wildman–Crippen LogP) is 3.35. The molecule has 0 aromatic rings. The molecule has 0 aromatic carbocycles. The minimum absolute atomic E-state index is 0.0573. The van der Waals surface area contributed by atoms with Crippen LogP contribution in [0, 0.1) is 0 Å². The third-order valence-electron chi connectivity index (χ3n) is 2.90. The van der Waals surface area contributed by atoms with Crippen molar-refractivity contribution < 1.29 is 9.90 Å². The Bertz CT molecular complexity index is 249. The Morgan fingerprint density at radius 1 is 1.00 bits per heavy atom. The molecule has 0 rings (SSSR count). The van der Waals surface area contributed by atoms with E-state index >= 15 is 0 Å². The molecule has 0 aliphatic carbocycles. The number of unbranched alkanes of at least 4 members (excludes halogenated alkanes) is 6. The summed E-state index contributed by atoms with van der Waals surface area (Å²) in [7, 11) is 0. The van der Waals surface area contributed by atoms with Gasteiger partial charge in [-0.2, -0.15) is 0 Å². The maximum atomic E-state index is 11.1. The van der Waals surface area contributed by atoms with E-state index in [-0.39, 0.29) is 5.91 Å². The van der Waals surface area contributed by atoms with Gasteiger partial charge in [-0.1, -0.05) is 37.5 Å². The molecule has 3 heteroatoms. The Hall–Kier alpha value is -1.09. The Morgan fingerprint density at radius 2 is 1.63 bits per heavy atom. The zero-order valence-electron chi connectivity index (χ0n) is 12.1. The highest BCUT2D eigenvalue weighted by molar-refractivity contribution is 5.77. The quantitative estimate of drug-likeness (QED) is 0.397. The number of nitrogens with one attached hydrogen (secondary N) is 1. The molecule has 0 saturated carbocycles. The van der Waals surface area contributed by atoms with Crippen molar-refractivity contribution in [2.45, 2.75) is 57.8 Å². The van der Waals surface area contributed by atoms with Crippen molar-refractivity contribution in [3.8, 4) is 0 Å². The molecule has 0 aromatic heterocycles. The fourth-order valence-corrected chi connectivity index (χ4v) is 1.79. The molecule has 0 fully saturated rings. The van der Waals surface area contributed by atoms with Gasteiger partial charge in [0.25, 0.3) is 0 Å². The maximum absolute atomic E-state index is 11.1. The van der Waals surface area contributed by atoms with Crippen LogP contribution in [0.1, 0.15) is 57.8 Å². The summed E-state index contributed by atoms with van der Waals surface area (Å²) in [5.74, 6) is 0.0573. The fourth-order valence-electron chi connectivity index (χ4n) is 1.79. The van der Waals surface area contributed by atoms with E-state index in [1.54, 1.807) is 6.08 Å². The van der Waals surface area contributed by atoms with E-state index < -0.39 is 0 Å². The first-order chi connectivity index (χ1) is 9.31. The van der Waals surface area contributed by atoms with Crippen LogP contribution in [0.2, 0.25) is 0 Å². The first-order valence-corrected chi connectivity index (χ1v) is 7.44. The second kappa shape index (κ2) is 15.0. The molecule has 0 heterocycles. The Kier molecular flexibility index (Phi) is 14.1. The molecule has 3 nitrogen and oxygen atoms in total. The summed E-state index contributed by atoms with van der Waals surface area (Å²) in [5, 5.41) is 11.5. The third kappa shape index (κ3) is 14.9. The maximum Gasteiger partial charge on any atom is 0.223 e. The normalized spacial score (nSPS) is 10.8. The summed E-state index contributed by atoms with van der Waals surface area (Å²) in [5.41, 5.74) is 0. The Morgan fingerprint density at radius 3 is 2.32 bits per heavy atom. The molecule has 0 radical (unpaired) electrons. The Balaban J connectivity index is 3.17. The molecule has 0 aliphatic heterocycles. The standard InChI is InChI=1S/C16H29NO2/c1-2-13-16(19)17-14-11-9-7-5-3-4-6-8-10-12-15-18/h2,5,7,18H,1,3-4,6,8-15H2,(H,17,19)/b7-5+. The van der Waals surface area contributed by atoms with Crippen molar-refractivity contribution in [1.29, 1.82) is 0 Å². The van der Waals surface area contributed by atoms with Gasteiger partial charge < -0.3 is 10.4 Å². The molecule has 0 spiro atoms. The molecular formula is C16H29NO2. The molecule has 19 heavy (non-hydrogen) atoms. The largest absolute Gasteiger partial charge is 0.396 e. The number of aliphatic hydroxyl groups is 1. The zero-order valence-corrected chi connectivity index (χ0v) is 12.1. The molecule has 0 saturated heterocycles. The van der Waals surface area contributed by atoms with Crippen LogP contribution < -0.4 is 5.32 Å². The number of carbonyl (C=O) groups is 1. The fraction of sp³-hybridized carbons (Fsp3) is 0.688. The van der Waals surface area contributed by atoms with Crippen molar-refractivity contribution in [2.75, 3.05) is 13.2 Å².